The van der Waals surface area contributed by atoms with E-state index in [0.29, 0.717) is 0 Å². The van der Waals surface area contributed by atoms with Crippen molar-refractivity contribution in [3.63, 3.8) is 0 Å². The minimum atomic E-state index is 0. The molecule has 0 aromatic rings. The van der Waals surface area contributed by atoms with Crippen LogP contribution in [0, 0.1) is 11.8 Å². The summed E-state index contributed by atoms with van der Waals surface area (Å²) in [7, 11) is 0. The van der Waals surface area contributed by atoms with E-state index < -0.39 is 0 Å². The Morgan fingerprint density at radius 3 is 2.00 bits per heavy atom. The molecule has 0 heterocycles. The van der Waals surface area contributed by atoms with Crippen molar-refractivity contribution in [1.29, 1.82) is 0 Å². The van der Waals surface area contributed by atoms with Crippen LogP contribution in [0.1, 0.15) is 46.5 Å². The van der Waals surface area contributed by atoms with E-state index in [1.54, 1.807) is 0 Å². The van der Waals surface area contributed by atoms with Crippen molar-refractivity contribution >= 4 is 12.4 Å². The molecule has 2 heteroatoms. The maximum absolute atomic E-state index is 6.04. The van der Waals surface area contributed by atoms with Crippen LogP contribution in [0.2, 0.25) is 0 Å². The molecule has 1 fully saturated rings. The van der Waals surface area contributed by atoms with Gasteiger partial charge in [0.15, 0.2) is 0 Å². The number of hydrogen-bond donors (Lipinski definition) is 1. The number of rotatable bonds is 1. The molecule has 0 spiro atoms. The van der Waals surface area contributed by atoms with Crippen LogP contribution in [-0.2, 0) is 0 Å². The van der Waals surface area contributed by atoms with Crippen LogP contribution in [0.25, 0.3) is 0 Å². The van der Waals surface area contributed by atoms with E-state index >= 15 is 0 Å². The van der Waals surface area contributed by atoms with Gasteiger partial charge in [0.1, 0.15) is 0 Å². The van der Waals surface area contributed by atoms with E-state index in [1.807, 2.05) is 0 Å². The Labute approximate surface area is 82.5 Å². The maximum atomic E-state index is 6.04. The van der Waals surface area contributed by atoms with Crippen LogP contribution in [0.15, 0.2) is 0 Å². The molecule has 0 aliphatic heterocycles. The Morgan fingerprint density at radius 1 is 1.25 bits per heavy atom. The topological polar surface area (TPSA) is 26.0 Å². The summed E-state index contributed by atoms with van der Waals surface area (Å²) in [6, 6.07) is 0. The second kappa shape index (κ2) is 4.48. The molecule has 12 heavy (non-hydrogen) atoms. The fourth-order valence-electron chi connectivity index (χ4n) is 1.97. The van der Waals surface area contributed by atoms with Gasteiger partial charge in [-0.3, -0.25) is 0 Å². The molecule has 1 saturated carbocycles. The molecular formula is C10H22ClN. The first kappa shape index (κ1) is 12.2. The van der Waals surface area contributed by atoms with E-state index in [0.717, 1.165) is 11.8 Å². The average molecular weight is 192 g/mol. The van der Waals surface area contributed by atoms with Crippen molar-refractivity contribution in [1.82, 2.24) is 0 Å². The second-order valence-electron chi connectivity index (χ2n) is 4.74. The van der Waals surface area contributed by atoms with Crippen molar-refractivity contribution in [3.05, 3.63) is 0 Å². The third-order valence-corrected chi connectivity index (χ3v) is 3.12. The quantitative estimate of drug-likeness (QED) is 0.678. The van der Waals surface area contributed by atoms with Crippen LogP contribution >= 0.6 is 12.4 Å². The predicted octanol–water partition coefficient (Wildman–Crippen LogP) is 2.97. The molecule has 74 valence electrons. The van der Waals surface area contributed by atoms with Crippen LogP contribution in [0.4, 0.5) is 0 Å². The van der Waals surface area contributed by atoms with Gasteiger partial charge in [0.25, 0.3) is 0 Å². The van der Waals surface area contributed by atoms with E-state index in [1.165, 1.54) is 25.7 Å². The molecule has 1 nitrogen and oxygen atoms in total. The predicted molar refractivity (Wildman–Crippen MR) is 56.6 cm³/mol. The second-order valence-corrected chi connectivity index (χ2v) is 4.74. The summed E-state index contributed by atoms with van der Waals surface area (Å²) in [5, 5.41) is 0. The van der Waals surface area contributed by atoms with Crippen molar-refractivity contribution in [2.75, 3.05) is 0 Å². The molecule has 0 bridgehead atoms. The van der Waals surface area contributed by atoms with Gasteiger partial charge >= 0.3 is 0 Å². The third kappa shape index (κ3) is 3.32. The first-order chi connectivity index (χ1) is 5.01. The van der Waals surface area contributed by atoms with Crippen LogP contribution in [0.5, 0.6) is 0 Å². The lowest BCUT2D eigenvalue weighted by molar-refractivity contribution is 0.208. The zero-order chi connectivity index (χ0) is 8.48. The van der Waals surface area contributed by atoms with Gasteiger partial charge in [-0.15, -0.1) is 12.4 Å². The van der Waals surface area contributed by atoms with Gasteiger partial charge in [-0.25, -0.2) is 0 Å². The van der Waals surface area contributed by atoms with Gasteiger partial charge in [0.2, 0.25) is 0 Å². The van der Waals surface area contributed by atoms with Crippen molar-refractivity contribution in [2.24, 2.45) is 17.6 Å². The lowest BCUT2D eigenvalue weighted by atomic mass is 9.74. The fraction of sp³-hybridized carbons (Fsp3) is 1.00. The first-order valence-electron chi connectivity index (χ1n) is 4.80. The van der Waals surface area contributed by atoms with Crippen LogP contribution in [0.3, 0.4) is 0 Å². The van der Waals surface area contributed by atoms with Gasteiger partial charge in [0.05, 0.1) is 0 Å². The summed E-state index contributed by atoms with van der Waals surface area (Å²) in [5.74, 6) is 1.79. The van der Waals surface area contributed by atoms with Crippen molar-refractivity contribution in [2.45, 2.75) is 52.0 Å². The standard InChI is InChI=1S/C10H21N.ClH/c1-8(2)9-4-6-10(3,11)7-5-9;/h8-9H,4-7,11H2,1-3H3;1H. The molecule has 2 N–H and O–H groups in total. The summed E-state index contributed by atoms with van der Waals surface area (Å²) in [5.41, 5.74) is 6.18. The fourth-order valence-corrected chi connectivity index (χ4v) is 1.97. The Balaban J connectivity index is 0.00000121. The molecule has 0 amide bonds. The van der Waals surface area contributed by atoms with E-state index in [4.69, 9.17) is 5.73 Å². The largest absolute Gasteiger partial charge is 0.325 e. The highest BCUT2D eigenvalue weighted by atomic mass is 35.5. The highest BCUT2D eigenvalue weighted by Crippen LogP contribution is 2.33. The molecule has 0 radical (unpaired) electrons. The lowest BCUT2D eigenvalue weighted by Gasteiger charge is -2.35. The smallest absolute Gasteiger partial charge is 0.0126 e. The molecule has 0 aromatic carbocycles. The molecule has 0 atom stereocenters. The zero-order valence-electron chi connectivity index (χ0n) is 8.47. The highest BCUT2D eigenvalue weighted by molar-refractivity contribution is 5.85. The molecule has 1 aliphatic carbocycles. The minimum absolute atomic E-state index is 0. The molecule has 0 aromatic heterocycles. The maximum Gasteiger partial charge on any atom is 0.0126 e. The lowest BCUT2D eigenvalue weighted by Crippen LogP contribution is -2.40. The molecule has 0 unspecified atom stereocenters. The highest BCUT2D eigenvalue weighted by Gasteiger charge is 2.28. The monoisotopic (exact) mass is 191 g/mol. The van der Waals surface area contributed by atoms with Gasteiger partial charge in [-0.2, -0.15) is 0 Å². The van der Waals surface area contributed by atoms with Crippen LogP contribution < -0.4 is 5.73 Å². The van der Waals surface area contributed by atoms with E-state index in [-0.39, 0.29) is 17.9 Å². The molecule has 0 saturated heterocycles. The van der Waals surface area contributed by atoms with Crippen LogP contribution in [-0.4, -0.2) is 5.54 Å². The normalized spacial score (nSPS) is 36.2. The average Bonchev–Trinajstić information content (AvgIpc) is 1.86. The van der Waals surface area contributed by atoms with E-state index in [2.05, 4.69) is 20.8 Å². The first-order valence-corrected chi connectivity index (χ1v) is 4.80. The number of hydrogen-bond acceptors (Lipinski definition) is 1. The summed E-state index contributed by atoms with van der Waals surface area (Å²) < 4.78 is 0. The number of nitrogens with two attached hydrogens (primary N) is 1. The molecule has 1 aliphatic rings. The van der Waals surface area contributed by atoms with Crippen molar-refractivity contribution in [3.8, 4) is 0 Å². The summed E-state index contributed by atoms with van der Waals surface area (Å²) in [4.78, 5) is 0. The Bertz CT molecular complexity index is 122. The molecular weight excluding hydrogens is 170 g/mol. The number of halogens is 1. The summed E-state index contributed by atoms with van der Waals surface area (Å²) in [6.45, 7) is 6.83. The van der Waals surface area contributed by atoms with Gasteiger partial charge < -0.3 is 5.73 Å². The summed E-state index contributed by atoms with van der Waals surface area (Å²) in [6.07, 6.45) is 5.11. The van der Waals surface area contributed by atoms with Gasteiger partial charge in [-0.1, -0.05) is 13.8 Å². The third-order valence-electron chi connectivity index (χ3n) is 3.12. The molecule has 1 rings (SSSR count). The zero-order valence-corrected chi connectivity index (χ0v) is 9.29. The Kier molecular flexibility index (Phi) is 4.57. The SMILES string of the molecule is CC(C)C1CCC(C)(N)CC1.Cl. The van der Waals surface area contributed by atoms with Gasteiger partial charge in [0, 0.05) is 5.54 Å². The minimum Gasteiger partial charge on any atom is -0.325 e. The Hall–Kier alpha value is 0.250. The Morgan fingerprint density at radius 2 is 1.67 bits per heavy atom. The van der Waals surface area contributed by atoms with E-state index in [9.17, 15) is 0 Å². The van der Waals surface area contributed by atoms with Gasteiger partial charge in [-0.05, 0) is 44.4 Å². The summed E-state index contributed by atoms with van der Waals surface area (Å²) >= 11 is 0. The van der Waals surface area contributed by atoms with Crippen molar-refractivity contribution < 1.29 is 0 Å².